The molecular weight excluding hydrogens is 233 g/mol. The number of carbonyl (C=O) groups excluding carboxylic acids is 1. The topological polar surface area (TPSA) is 26.3 Å². The molecule has 1 heterocycles. The Morgan fingerprint density at radius 3 is 2.47 bits per heavy atom. The Bertz CT molecular complexity index is 400. The maximum absolute atomic E-state index is 12.4. The van der Waals surface area contributed by atoms with E-state index in [0.29, 0.717) is 5.56 Å². The van der Waals surface area contributed by atoms with Gasteiger partial charge in [0, 0.05) is 6.61 Å². The molecule has 0 aromatic heterocycles. The van der Waals surface area contributed by atoms with Crippen LogP contribution in [0.1, 0.15) is 18.1 Å². The van der Waals surface area contributed by atoms with Gasteiger partial charge in [0.1, 0.15) is 0 Å². The van der Waals surface area contributed by atoms with E-state index in [1.165, 1.54) is 0 Å². The molecule has 0 saturated carbocycles. The van der Waals surface area contributed by atoms with Crippen LogP contribution >= 0.6 is 0 Å². The Balaban J connectivity index is 2.22. The van der Waals surface area contributed by atoms with Crippen LogP contribution < -0.4 is 0 Å². The van der Waals surface area contributed by atoms with Crippen molar-refractivity contribution in [1.29, 1.82) is 0 Å². The van der Waals surface area contributed by atoms with Crippen LogP contribution in [0, 0.1) is 5.92 Å². The molecule has 0 amide bonds. The predicted octanol–water partition coefficient (Wildman–Crippen LogP) is 2.90. The highest BCUT2D eigenvalue weighted by Crippen LogP contribution is 2.38. The second-order valence-corrected chi connectivity index (χ2v) is 3.96. The molecule has 1 aromatic rings. The zero-order valence-electron chi connectivity index (χ0n) is 8.91. The minimum Gasteiger partial charge on any atom is -0.373 e. The third kappa shape index (κ3) is 2.49. The highest BCUT2D eigenvalue weighted by atomic mass is 19.4. The minimum atomic E-state index is -4.79. The SMILES string of the molecule is O=C([C@@H]1CCO[C@@H]1c1ccccc1)C(F)(F)F. The lowest BCUT2D eigenvalue weighted by Crippen LogP contribution is -2.32. The molecular formula is C12H11F3O2. The number of hydrogen-bond acceptors (Lipinski definition) is 2. The molecule has 1 aliphatic rings. The molecule has 5 heteroatoms. The Morgan fingerprint density at radius 2 is 1.88 bits per heavy atom. The Hall–Kier alpha value is -1.36. The maximum Gasteiger partial charge on any atom is 0.450 e. The summed E-state index contributed by atoms with van der Waals surface area (Å²) < 4.78 is 42.4. The van der Waals surface area contributed by atoms with Crippen molar-refractivity contribution in [3.8, 4) is 0 Å². The van der Waals surface area contributed by atoms with Gasteiger partial charge in [-0.3, -0.25) is 4.79 Å². The average molecular weight is 244 g/mol. The highest BCUT2D eigenvalue weighted by molar-refractivity contribution is 5.87. The summed E-state index contributed by atoms with van der Waals surface area (Å²) in [5.41, 5.74) is 0.618. The van der Waals surface area contributed by atoms with Gasteiger partial charge in [-0.15, -0.1) is 0 Å². The van der Waals surface area contributed by atoms with Gasteiger partial charge in [0.15, 0.2) is 0 Å². The lowest BCUT2D eigenvalue weighted by atomic mass is 9.91. The molecule has 2 nitrogen and oxygen atoms in total. The van der Waals surface area contributed by atoms with E-state index in [0.717, 1.165) is 0 Å². The predicted molar refractivity (Wildman–Crippen MR) is 54.3 cm³/mol. The van der Waals surface area contributed by atoms with Crippen molar-refractivity contribution >= 4 is 5.78 Å². The standard InChI is InChI=1S/C12H11F3O2/c13-12(14,15)11(16)9-6-7-17-10(9)8-4-2-1-3-5-8/h1-5,9-10H,6-7H2/t9-,10-/m1/s1. The van der Waals surface area contributed by atoms with Crippen molar-refractivity contribution in [3.63, 3.8) is 0 Å². The fraction of sp³-hybridized carbons (Fsp3) is 0.417. The molecule has 17 heavy (non-hydrogen) atoms. The Morgan fingerprint density at radius 1 is 1.24 bits per heavy atom. The second kappa shape index (κ2) is 4.49. The number of benzene rings is 1. The van der Waals surface area contributed by atoms with Gasteiger partial charge in [-0.2, -0.15) is 13.2 Å². The molecule has 0 aliphatic carbocycles. The van der Waals surface area contributed by atoms with Crippen LogP contribution in [0.15, 0.2) is 30.3 Å². The molecule has 0 N–H and O–H groups in total. The van der Waals surface area contributed by atoms with Crippen molar-refractivity contribution < 1.29 is 22.7 Å². The second-order valence-electron chi connectivity index (χ2n) is 3.96. The number of hydrogen-bond donors (Lipinski definition) is 0. The van der Waals surface area contributed by atoms with Crippen molar-refractivity contribution in [2.75, 3.05) is 6.61 Å². The van der Waals surface area contributed by atoms with Crippen LogP contribution in [0.25, 0.3) is 0 Å². The fourth-order valence-corrected chi connectivity index (χ4v) is 2.04. The highest BCUT2D eigenvalue weighted by Gasteiger charge is 2.48. The number of ether oxygens (including phenoxy) is 1. The van der Waals surface area contributed by atoms with E-state index in [1.807, 2.05) is 0 Å². The third-order valence-corrected chi connectivity index (χ3v) is 2.84. The van der Waals surface area contributed by atoms with E-state index < -0.39 is 24.0 Å². The van der Waals surface area contributed by atoms with Gasteiger partial charge in [-0.25, -0.2) is 0 Å². The first-order chi connectivity index (χ1) is 8.00. The first-order valence-electron chi connectivity index (χ1n) is 5.28. The molecule has 0 spiro atoms. The first-order valence-corrected chi connectivity index (χ1v) is 5.28. The summed E-state index contributed by atoms with van der Waals surface area (Å²) in [5.74, 6) is -2.80. The molecule has 1 saturated heterocycles. The fourth-order valence-electron chi connectivity index (χ4n) is 2.04. The van der Waals surface area contributed by atoms with E-state index in [9.17, 15) is 18.0 Å². The van der Waals surface area contributed by atoms with Gasteiger partial charge in [-0.05, 0) is 12.0 Å². The summed E-state index contributed by atoms with van der Waals surface area (Å²) in [7, 11) is 0. The van der Waals surface area contributed by atoms with E-state index in [4.69, 9.17) is 4.74 Å². The van der Waals surface area contributed by atoms with E-state index in [-0.39, 0.29) is 13.0 Å². The Kier molecular flexibility index (Phi) is 3.19. The van der Waals surface area contributed by atoms with E-state index >= 15 is 0 Å². The zero-order valence-corrected chi connectivity index (χ0v) is 8.91. The molecule has 0 unspecified atom stereocenters. The molecule has 1 aliphatic heterocycles. The summed E-state index contributed by atoms with van der Waals surface area (Å²) in [6.07, 6.45) is -5.44. The van der Waals surface area contributed by atoms with Gasteiger partial charge >= 0.3 is 6.18 Å². The summed E-state index contributed by atoms with van der Waals surface area (Å²) in [4.78, 5) is 11.2. The minimum absolute atomic E-state index is 0.123. The molecule has 0 radical (unpaired) electrons. The number of alkyl halides is 3. The van der Waals surface area contributed by atoms with Crippen LogP contribution in [0.4, 0.5) is 13.2 Å². The van der Waals surface area contributed by atoms with Crippen molar-refractivity contribution in [3.05, 3.63) is 35.9 Å². The number of rotatable bonds is 2. The van der Waals surface area contributed by atoms with Crippen LogP contribution in [0.5, 0.6) is 0 Å². The van der Waals surface area contributed by atoms with Gasteiger partial charge in [0.2, 0.25) is 5.78 Å². The van der Waals surface area contributed by atoms with Gasteiger partial charge < -0.3 is 4.74 Å². The summed E-state index contributed by atoms with van der Waals surface area (Å²) >= 11 is 0. The maximum atomic E-state index is 12.4. The lowest BCUT2D eigenvalue weighted by molar-refractivity contribution is -0.177. The van der Waals surface area contributed by atoms with Crippen LogP contribution in [0.2, 0.25) is 0 Å². The molecule has 2 atom stereocenters. The molecule has 1 aromatic carbocycles. The van der Waals surface area contributed by atoms with Crippen LogP contribution in [0.3, 0.4) is 0 Å². The number of carbonyl (C=O) groups is 1. The van der Waals surface area contributed by atoms with Gasteiger partial charge in [0.25, 0.3) is 0 Å². The number of Topliss-reactive ketones (excluding diaryl/α,β-unsaturated/α-hetero) is 1. The van der Waals surface area contributed by atoms with Crippen LogP contribution in [-0.4, -0.2) is 18.6 Å². The van der Waals surface area contributed by atoms with Crippen molar-refractivity contribution in [2.24, 2.45) is 5.92 Å². The Labute approximate surface area is 96.4 Å². The number of halogens is 3. The third-order valence-electron chi connectivity index (χ3n) is 2.84. The quantitative estimate of drug-likeness (QED) is 0.799. The monoisotopic (exact) mass is 244 g/mol. The zero-order chi connectivity index (χ0) is 12.5. The van der Waals surface area contributed by atoms with Crippen LogP contribution in [-0.2, 0) is 9.53 Å². The molecule has 0 bridgehead atoms. The number of ketones is 1. The first kappa shape index (κ1) is 12.1. The molecule has 92 valence electrons. The lowest BCUT2D eigenvalue weighted by Gasteiger charge is -2.18. The van der Waals surface area contributed by atoms with E-state index in [2.05, 4.69) is 0 Å². The van der Waals surface area contributed by atoms with E-state index in [1.54, 1.807) is 30.3 Å². The summed E-state index contributed by atoms with van der Waals surface area (Å²) in [6, 6.07) is 8.54. The van der Waals surface area contributed by atoms with Crippen molar-refractivity contribution in [1.82, 2.24) is 0 Å². The largest absolute Gasteiger partial charge is 0.450 e. The molecule has 1 fully saturated rings. The smallest absolute Gasteiger partial charge is 0.373 e. The van der Waals surface area contributed by atoms with Gasteiger partial charge in [-0.1, -0.05) is 30.3 Å². The average Bonchev–Trinajstić information content (AvgIpc) is 2.76. The summed E-state index contributed by atoms with van der Waals surface area (Å²) in [5, 5.41) is 0. The van der Waals surface area contributed by atoms with Gasteiger partial charge in [0.05, 0.1) is 12.0 Å². The summed E-state index contributed by atoms with van der Waals surface area (Å²) in [6.45, 7) is 0.187. The normalized spacial score (nSPS) is 24.9. The molecule has 2 rings (SSSR count). The van der Waals surface area contributed by atoms with Crippen molar-refractivity contribution in [2.45, 2.75) is 18.7 Å².